The van der Waals surface area contributed by atoms with E-state index in [1.165, 1.54) is 32.7 Å². The standard InChI is InChI=1S/C38H54F4O2/c1-37(39,40)23-13-9-5-3-7-11-15-25-43-29-33-21-17-19-31-28-36-32(27-35(31)33)20-18-22-34(36)30-44-26-16-12-8-4-6-10-14-24-38(2,41)42/h17-22,27-28H,3-16,23-26,29-30H2,1-2H3. The lowest BCUT2D eigenvalue weighted by Gasteiger charge is -2.12. The Morgan fingerprint density at radius 3 is 1.18 bits per heavy atom. The molecule has 0 saturated carbocycles. The first-order valence-corrected chi connectivity index (χ1v) is 17.0. The molecule has 0 N–H and O–H groups in total. The lowest BCUT2D eigenvalue weighted by atomic mass is 9.97. The van der Waals surface area contributed by atoms with E-state index in [-0.39, 0.29) is 12.8 Å². The molecule has 0 aliphatic rings. The summed E-state index contributed by atoms with van der Waals surface area (Å²) in [6, 6.07) is 17.3. The van der Waals surface area contributed by atoms with Crippen LogP contribution in [-0.2, 0) is 22.7 Å². The number of ether oxygens (including phenoxy) is 2. The fourth-order valence-corrected chi connectivity index (χ4v) is 5.84. The van der Waals surface area contributed by atoms with Gasteiger partial charge in [-0.25, -0.2) is 17.6 Å². The Hall–Kier alpha value is -2.18. The minimum atomic E-state index is -2.53. The monoisotopic (exact) mass is 618 g/mol. The minimum Gasteiger partial charge on any atom is -0.377 e. The molecule has 0 fully saturated rings. The number of hydrogen-bond acceptors (Lipinski definition) is 2. The van der Waals surface area contributed by atoms with Gasteiger partial charge in [0.15, 0.2) is 0 Å². The minimum absolute atomic E-state index is 0.000437. The van der Waals surface area contributed by atoms with Crippen LogP contribution in [0.4, 0.5) is 17.6 Å². The summed E-state index contributed by atoms with van der Waals surface area (Å²) in [5, 5.41) is 4.85. The van der Waals surface area contributed by atoms with Gasteiger partial charge in [0.25, 0.3) is 0 Å². The van der Waals surface area contributed by atoms with E-state index in [4.69, 9.17) is 9.47 Å². The Bertz CT molecular complexity index is 1120. The molecule has 0 spiro atoms. The number of halogens is 4. The summed E-state index contributed by atoms with van der Waals surface area (Å²) in [5.74, 6) is -5.06. The van der Waals surface area contributed by atoms with Gasteiger partial charge < -0.3 is 9.47 Å². The van der Waals surface area contributed by atoms with Gasteiger partial charge in [-0.15, -0.1) is 0 Å². The number of unbranched alkanes of at least 4 members (excludes halogenated alkanes) is 12. The molecular formula is C38H54F4O2. The molecule has 0 radical (unpaired) electrons. The van der Waals surface area contributed by atoms with Crippen molar-refractivity contribution >= 4 is 21.5 Å². The zero-order chi connectivity index (χ0) is 31.7. The Kier molecular flexibility index (Phi) is 16.0. The molecule has 0 amide bonds. The van der Waals surface area contributed by atoms with Gasteiger partial charge in [0.05, 0.1) is 13.2 Å². The van der Waals surface area contributed by atoms with E-state index >= 15 is 0 Å². The smallest absolute Gasteiger partial charge is 0.245 e. The van der Waals surface area contributed by atoms with Crippen molar-refractivity contribution in [3.05, 3.63) is 59.7 Å². The average Bonchev–Trinajstić information content (AvgIpc) is 2.96. The second-order valence-electron chi connectivity index (χ2n) is 12.8. The van der Waals surface area contributed by atoms with Crippen molar-refractivity contribution in [2.75, 3.05) is 13.2 Å². The van der Waals surface area contributed by atoms with Gasteiger partial charge in [-0.3, -0.25) is 0 Å². The van der Waals surface area contributed by atoms with Crippen LogP contribution in [0.2, 0.25) is 0 Å². The van der Waals surface area contributed by atoms with Crippen LogP contribution in [0.3, 0.4) is 0 Å². The van der Waals surface area contributed by atoms with Crippen LogP contribution < -0.4 is 0 Å². The molecule has 0 unspecified atom stereocenters. The lowest BCUT2D eigenvalue weighted by Crippen LogP contribution is -2.08. The topological polar surface area (TPSA) is 18.5 Å². The number of benzene rings is 3. The fraction of sp³-hybridized carbons (Fsp3) is 0.632. The van der Waals surface area contributed by atoms with Crippen LogP contribution in [0.15, 0.2) is 48.5 Å². The van der Waals surface area contributed by atoms with E-state index in [1.54, 1.807) is 0 Å². The van der Waals surface area contributed by atoms with Crippen molar-refractivity contribution in [3.63, 3.8) is 0 Å². The van der Waals surface area contributed by atoms with Gasteiger partial charge in [0, 0.05) is 26.1 Å². The van der Waals surface area contributed by atoms with Gasteiger partial charge in [-0.2, -0.15) is 0 Å². The van der Waals surface area contributed by atoms with Crippen LogP contribution in [0.1, 0.15) is 128 Å². The first-order chi connectivity index (χ1) is 21.1. The van der Waals surface area contributed by atoms with E-state index in [9.17, 15) is 17.6 Å². The number of rotatable bonds is 24. The lowest BCUT2D eigenvalue weighted by molar-refractivity contribution is 0.00957. The number of fused-ring (bicyclic) bond motifs is 2. The highest BCUT2D eigenvalue weighted by molar-refractivity contribution is 6.00. The van der Waals surface area contributed by atoms with E-state index < -0.39 is 11.8 Å². The molecule has 6 heteroatoms. The Labute approximate surface area is 262 Å². The second kappa shape index (κ2) is 19.4. The maximum Gasteiger partial charge on any atom is 0.245 e. The third-order valence-corrected chi connectivity index (χ3v) is 8.38. The Morgan fingerprint density at radius 2 is 0.818 bits per heavy atom. The summed E-state index contributed by atoms with van der Waals surface area (Å²) in [7, 11) is 0. The normalized spacial score (nSPS) is 12.5. The van der Waals surface area contributed by atoms with E-state index in [0.717, 1.165) is 104 Å². The van der Waals surface area contributed by atoms with Crippen LogP contribution in [0.5, 0.6) is 0 Å². The Morgan fingerprint density at radius 1 is 0.477 bits per heavy atom. The molecule has 3 aromatic carbocycles. The van der Waals surface area contributed by atoms with Crippen molar-refractivity contribution in [2.24, 2.45) is 0 Å². The van der Waals surface area contributed by atoms with Gasteiger partial charge in [0.1, 0.15) is 0 Å². The van der Waals surface area contributed by atoms with Gasteiger partial charge in [-0.1, -0.05) is 101 Å². The van der Waals surface area contributed by atoms with E-state index in [0.29, 0.717) is 26.1 Å². The maximum absolute atomic E-state index is 12.9. The predicted octanol–water partition coefficient (Wildman–Crippen LogP) is 12.6. The van der Waals surface area contributed by atoms with Crippen LogP contribution in [0.25, 0.3) is 21.5 Å². The highest BCUT2D eigenvalue weighted by atomic mass is 19.3. The zero-order valence-electron chi connectivity index (χ0n) is 27.1. The average molecular weight is 619 g/mol. The molecule has 0 aromatic heterocycles. The van der Waals surface area contributed by atoms with Crippen LogP contribution >= 0.6 is 0 Å². The summed E-state index contributed by atoms with van der Waals surface area (Å²) in [6.07, 6.45) is 13.8. The Balaban J connectivity index is 1.35. The molecule has 0 saturated heterocycles. The molecular weight excluding hydrogens is 564 g/mol. The molecule has 3 rings (SSSR count). The first-order valence-electron chi connectivity index (χ1n) is 17.0. The molecule has 0 atom stereocenters. The largest absolute Gasteiger partial charge is 0.377 e. The van der Waals surface area contributed by atoms with Crippen LogP contribution in [-0.4, -0.2) is 25.1 Å². The van der Waals surface area contributed by atoms with Gasteiger partial charge in [0.2, 0.25) is 11.8 Å². The van der Waals surface area contributed by atoms with Crippen molar-refractivity contribution in [1.29, 1.82) is 0 Å². The molecule has 2 nitrogen and oxygen atoms in total. The van der Waals surface area contributed by atoms with Crippen molar-refractivity contribution < 1.29 is 27.0 Å². The molecule has 246 valence electrons. The highest BCUT2D eigenvalue weighted by Gasteiger charge is 2.20. The summed E-state index contributed by atoms with van der Waals surface area (Å²) in [5.41, 5.74) is 2.39. The first kappa shape index (κ1) is 36.3. The molecule has 0 heterocycles. The maximum atomic E-state index is 12.9. The SMILES string of the molecule is CC(F)(F)CCCCCCCCCOCc1cccc2cc3c(COCCCCCCCCCC(C)(F)F)cccc3cc12. The van der Waals surface area contributed by atoms with Crippen molar-refractivity contribution in [1.82, 2.24) is 0 Å². The molecule has 0 aliphatic carbocycles. The second-order valence-corrected chi connectivity index (χ2v) is 12.8. The van der Waals surface area contributed by atoms with E-state index in [1.807, 2.05) is 0 Å². The van der Waals surface area contributed by atoms with Gasteiger partial charge >= 0.3 is 0 Å². The summed E-state index contributed by atoms with van der Waals surface area (Å²) in [4.78, 5) is 0. The zero-order valence-corrected chi connectivity index (χ0v) is 27.1. The summed E-state index contributed by atoms with van der Waals surface area (Å²) >= 11 is 0. The number of alkyl halides is 4. The van der Waals surface area contributed by atoms with Crippen molar-refractivity contribution in [3.8, 4) is 0 Å². The number of hydrogen-bond donors (Lipinski definition) is 0. The fourth-order valence-electron chi connectivity index (χ4n) is 5.84. The predicted molar refractivity (Wildman–Crippen MR) is 176 cm³/mol. The van der Waals surface area contributed by atoms with Crippen molar-refractivity contribution in [2.45, 2.75) is 142 Å². The quantitative estimate of drug-likeness (QED) is 0.0565. The molecule has 0 aliphatic heterocycles. The molecule has 0 bridgehead atoms. The summed E-state index contributed by atoms with van der Waals surface area (Å²) in [6.45, 7) is 4.64. The summed E-state index contributed by atoms with van der Waals surface area (Å²) < 4.78 is 63.5. The third kappa shape index (κ3) is 14.7. The molecule has 3 aromatic rings. The van der Waals surface area contributed by atoms with Gasteiger partial charge in [-0.05, 0) is 84.3 Å². The highest BCUT2D eigenvalue weighted by Crippen LogP contribution is 2.29. The molecule has 44 heavy (non-hydrogen) atoms. The van der Waals surface area contributed by atoms with E-state index in [2.05, 4.69) is 48.5 Å². The third-order valence-electron chi connectivity index (χ3n) is 8.38. The van der Waals surface area contributed by atoms with Crippen LogP contribution in [0, 0.1) is 0 Å².